The van der Waals surface area contributed by atoms with E-state index in [4.69, 9.17) is 0 Å². The molecule has 4 aromatic carbocycles. The summed E-state index contributed by atoms with van der Waals surface area (Å²) in [7, 11) is -8.08. The third-order valence-electron chi connectivity index (χ3n) is 10.3. The molecule has 2 aliphatic heterocycles. The van der Waals surface area contributed by atoms with Crippen molar-refractivity contribution in [2.75, 3.05) is 29.5 Å². The third kappa shape index (κ3) is 7.71. The summed E-state index contributed by atoms with van der Waals surface area (Å²) in [6.07, 6.45) is 15.4. The first kappa shape index (κ1) is 37.4. The molecule has 0 saturated heterocycles. The van der Waals surface area contributed by atoms with Crippen molar-refractivity contribution in [1.29, 1.82) is 0 Å². The van der Waals surface area contributed by atoms with Crippen LogP contribution in [-0.2, 0) is 31.1 Å². The van der Waals surface area contributed by atoms with E-state index in [1.54, 1.807) is 0 Å². The number of fused-ring (bicyclic) bond motifs is 6. The Labute approximate surface area is 307 Å². The summed E-state index contributed by atoms with van der Waals surface area (Å²) in [5.74, 6) is -0.558. The van der Waals surface area contributed by atoms with Gasteiger partial charge in [-0.3, -0.25) is 9.11 Å². The van der Waals surface area contributed by atoms with Crippen LogP contribution < -0.4 is 4.90 Å². The van der Waals surface area contributed by atoms with Crippen LogP contribution in [0.25, 0.3) is 21.5 Å². The molecule has 10 heteroatoms. The van der Waals surface area contributed by atoms with E-state index in [2.05, 4.69) is 104 Å². The third-order valence-corrected chi connectivity index (χ3v) is 11.9. The summed E-state index contributed by atoms with van der Waals surface area (Å²) in [6, 6.07) is 25.1. The van der Waals surface area contributed by atoms with E-state index < -0.39 is 20.2 Å². The normalized spacial score (nSPS) is 17.9. The quantitative estimate of drug-likeness (QED) is 0.0611. The van der Waals surface area contributed by atoms with Crippen molar-refractivity contribution in [2.24, 2.45) is 0 Å². The Morgan fingerprint density at radius 2 is 1.23 bits per heavy atom. The van der Waals surface area contributed by atoms with Crippen LogP contribution in [0.15, 0.2) is 121 Å². The number of hydrogen-bond acceptors (Lipinski definition) is 5. The predicted octanol–water partition coefficient (Wildman–Crippen LogP) is 8.67. The highest BCUT2D eigenvalue weighted by molar-refractivity contribution is 7.86. The summed E-state index contributed by atoms with van der Waals surface area (Å²) >= 11 is 0. The molecule has 0 fully saturated rings. The van der Waals surface area contributed by atoms with Crippen LogP contribution in [0.1, 0.15) is 58.1 Å². The van der Waals surface area contributed by atoms with E-state index in [0.29, 0.717) is 32.4 Å². The smallest absolute Gasteiger partial charge is 0.265 e. The van der Waals surface area contributed by atoms with Gasteiger partial charge in [0.15, 0.2) is 5.71 Å². The van der Waals surface area contributed by atoms with Gasteiger partial charge in [0.1, 0.15) is 6.54 Å². The molecule has 0 aliphatic carbocycles. The van der Waals surface area contributed by atoms with Crippen LogP contribution in [0.5, 0.6) is 0 Å². The highest BCUT2D eigenvalue weighted by Crippen LogP contribution is 2.51. The monoisotopic (exact) mass is 739 g/mol. The van der Waals surface area contributed by atoms with Gasteiger partial charge in [0.25, 0.3) is 20.2 Å². The predicted molar refractivity (Wildman–Crippen MR) is 213 cm³/mol. The minimum Gasteiger partial charge on any atom is -0.344 e. The maximum Gasteiger partial charge on any atom is 0.265 e. The molecule has 6 rings (SSSR count). The van der Waals surface area contributed by atoms with E-state index in [1.807, 2.05) is 48.6 Å². The zero-order chi connectivity index (χ0) is 37.3. The van der Waals surface area contributed by atoms with E-state index in [1.165, 1.54) is 21.9 Å². The SMILES string of the molecule is CC1(C)C(/C=C/C=C/C=C/C=C2\N(CCCCS(=O)(=O)O)c3ccc4ccccc4c3C2(C)C)=[N+](CCCS(=O)(=O)O)c2ccc3ccccc3c21. The number of anilines is 1. The molecule has 0 radical (unpaired) electrons. The molecule has 272 valence electrons. The van der Waals surface area contributed by atoms with E-state index in [9.17, 15) is 25.9 Å². The molecule has 0 amide bonds. The van der Waals surface area contributed by atoms with Crippen LogP contribution in [0.4, 0.5) is 11.4 Å². The number of unbranched alkanes of at least 4 members (excludes halogenated alkanes) is 1. The van der Waals surface area contributed by atoms with Gasteiger partial charge in [-0.1, -0.05) is 98.8 Å². The molecule has 0 atom stereocenters. The van der Waals surface area contributed by atoms with Crippen molar-refractivity contribution in [3.63, 3.8) is 0 Å². The van der Waals surface area contributed by atoms with Gasteiger partial charge in [0, 0.05) is 47.5 Å². The number of allylic oxidation sites excluding steroid dienone is 8. The van der Waals surface area contributed by atoms with Gasteiger partial charge in [-0.2, -0.15) is 21.4 Å². The van der Waals surface area contributed by atoms with Crippen molar-refractivity contribution in [2.45, 2.75) is 57.8 Å². The molecular weight excluding hydrogens is 693 g/mol. The maximum absolute atomic E-state index is 11.5. The highest BCUT2D eigenvalue weighted by atomic mass is 32.2. The molecule has 0 spiro atoms. The fraction of sp³-hybridized carbons (Fsp3) is 0.310. The number of rotatable bonds is 13. The molecular formula is C42H47N2O6S2+. The van der Waals surface area contributed by atoms with Gasteiger partial charge >= 0.3 is 0 Å². The number of hydrogen-bond donors (Lipinski definition) is 2. The summed E-state index contributed by atoms with van der Waals surface area (Å²) in [6.45, 7) is 9.89. The molecule has 2 aliphatic rings. The lowest BCUT2D eigenvalue weighted by Gasteiger charge is -2.27. The van der Waals surface area contributed by atoms with Crippen LogP contribution in [0.2, 0.25) is 0 Å². The van der Waals surface area contributed by atoms with Crippen molar-refractivity contribution >= 4 is 58.9 Å². The van der Waals surface area contributed by atoms with E-state index in [-0.39, 0.29) is 22.3 Å². The van der Waals surface area contributed by atoms with Gasteiger partial charge in [-0.15, -0.1) is 0 Å². The Morgan fingerprint density at radius 3 is 1.90 bits per heavy atom. The lowest BCUT2D eigenvalue weighted by Crippen LogP contribution is -2.28. The second-order valence-electron chi connectivity index (χ2n) is 14.6. The zero-order valence-electron chi connectivity index (χ0n) is 30.2. The molecule has 0 bridgehead atoms. The lowest BCUT2D eigenvalue weighted by molar-refractivity contribution is -0.437. The summed E-state index contributed by atoms with van der Waals surface area (Å²) in [5.41, 5.74) is 6.09. The van der Waals surface area contributed by atoms with Gasteiger partial charge < -0.3 is 4.90 Å². The average molecular weight is 740 g/mol. The Hall–Kier alpha value is -4.35. The summed E-state index contributed by atoms with van der Waals surface area (Å²) in [5, 5.41) is 4.68. The van der Waals surface area contributed by atoms with Gasteiger partial charge in [0.2, 0.25) is 5.69 Å². The fourth-order valence-electron chi connectivity index (χ4n) is 8.00. The van der Waals surface area contributed by atoms with Crippen molar-refractivity contribution in [3.05, 3.63) is 132 Å². The van der Waals surface area contributed by atoms with Crippen LogP contribution in [0.3, 0.4) is 0 Å². The topological polar surface area (TPSA) is 115 Å². The molecule has 0 saturated carbocycles. The Bertz CT molecular complexity index is 2400. The Kier molecular flexibility index (Phi) is 10.5. The average Bonchev–Trinajstić information content (AvgIpc) is 3.43. The highest BCUT2D eigenvalue weighted by Gasteiger charge is 2.45. The van der Waals surface area contributed by atoms with Crippen molar-refractivity contribution in [1.82, 2.24) is 0 Å². The first-order valence-corrected chi connectivity index (χ1v) is 20.9. The second-order valence-corrected chi connectivity index (χ2v) is 17.8. The van der Waals surface area contributed by atoms with Gasteiger partial charge in [0.05, 0.1) is 16.9 Å². The second kappa shape index (κ2) is 14.6. The lowest BCUT2D eigenvalue weighted by atomic mass is 9.79. The Morgan fingerprint density at radius 1 is 0.654 bits per heavy atom. The number of benzene rings is 4. The maximum atomic E-state index is 11.5. The molecule has 0 unspecified atom stereocenters. The van der Waals surface area contributed by atoms with Crippen molar-refractivity contribution < 1.29 is 30.5 Å². The zero-order valence-corrected chi connectivity index (χ0v) is 31.8. The van der Waals surface area contributed by atoms with E-state index >= 15 is 0 Å². The van der Waals surface area contributed by atoms with Crippen LogP contribution in [-0.4, -0.2) is 60.8 Å². The van der Waals surface area contributed by atoms with Gasteiger partial charge in [-0.05, 0) is 72.0 Å². The molecule has 2 N–H and O–H groups in total. The van der Waals surface area contributed by atoms with Crippen molar-refractivity contribution in [3.8, 4) is 0 Å². The summed E-state index contributed by atoms with van der Waals surface area (Å²) < 4.78 is 66.6. The van der Waals surface area contributed by atoms with Crippen LogP contribution in [0, 0.1) is 0 Å². The van der Waals surface area contributed by atoms with E-state index in [0.717, 1.165) is 33.6 Å². The fourth-order valence-corrected chi connectivity index (χ4v) is 9.06. The molecule has 2 heterocycles. The summed E-state index contributed by atoms with van der Waals surface area (Å²) in [4.78, 5) is 2.27. The molecule has 52 heavy (non-hydrogen) atoms. The largest absolute Gasteiger partial charge is 0.344 e. The minimum absolute atomic E-state index is 0.257. The Balaban J connectivity index is 1.26. The number of nitrogens with zero attached hydrogens (tertiary/aromatic N) is 2. The first-order valence-electron chi connectivity index (χ1n) is 17.7. The van der Waals surface area contributed by atoms with Crippen LogP contribution >= 0.6 is 0 Å². The minimum atomic E-state index is -4.07. The molecule has 0 aromatic heterocycles. The van der Waals surface area contributed by atoms with Gasteiger partial charge in [-0.25, -0.2) is 0 Å². The standard InChI is InChI=1S/C42H46N2O6S2/c1-41(2)37(43(27-14-15-29-51(45,46)47)35-25-23-31-17-10-12-19-33(31)39(35)41)21-8-6-5-7-9-22-38-42(3,4)40-34-20-13-11-18-32(34)24-26-36(40)44(38)28-16-30-52(48,49)50/h5-13,17-26H,14-16,27-30H2,1-4H3,(H-,45,46,47,48,49,50)/p+1. The molecule has 8 nitrogen and oxygen atoms in total. The molecule has 4 aromatic rings. The first-order chi connectivity index (χ1) is 24.6.